The number of Topliss-reactive ketones (excluding diaryl/α,β-unsaturated/α-hetero) is 1. The fourth-order valence-corrected chi connectivity index (χ4v) is 1.64. The Morgan fingerprint density at radius 2 is 2.00 bits per heavy atom. The van der Waals surface area contributed by atoms with Gasteiger partial charge in [-0.1, -0.05) is 26.1 Å². The molecule has 1 saturated heterocycles. The minimum absolute atomic E-state index is 0.149. The third kappa shape index (κ3) is 1.77. The second-order valence-electron chi connectivity index (χ2n) is 3.73. The van der Waals surface area contributed by atoms with E-state index < -0.39 is 5.92 Å². The molecule has 1 amide bonds. The normalized spacial score (nSPS) is 23.5. The van der Waals surface area contributed by atoms with Gasteiger partial charge in [-0.2, -0.15) is 0 Å². The van der Waals surface area contributed by atoms with Crippen LogP contribution in [-0.4, -0.2) is 28.1 Å². The first-order valence-electron chi connectivity index (χ1n) is 4.34. The maximum absolute atomic E-state index is 11.5. The van der Waals surface area contributed by atoms with Crippen molar-refractivity contribution in [3.05, 3.63) is 0 Å². The van der Waals surface area contributed by atoms with E-state index in [1.165, 1.54) is 4.90 Å². The van der Waals surface area contributed by atoms with Crippen LogP contribution in [0, 0.1) is 11.8 Å². The van der Waals surface area contributed by atoms with Crippen molar-refractivity contribution in [3.8, 4) is 0 Å². The van der Waals surface area contributed by atoms with Crippen LogP contribution >= 0.6 is 12.2 Å². The SMILES string of the molecule is CC(C)CN1C(=O)C(C)C(=O)C1=S. The van der Waals surface area contributed by atoms with E-state index in [-0.39, 0.29) is 16.7 Å². The predicted molar refractivity (Wildman–Crippen MR) is 53.3 cm³/mol. The minimum atomic E-state index is -0.564. The van der Waals surface area contributed by atoms with Crippen LogP contribution in [0.15, 0.2) is 0 Å². The first-order chi connectivity index (χ1) is 5.95. The molecule has 0 aliphatic carbocycles. The van der Waals surface area contributed by atoms with Crippen LogP contribution in [0.25, 0.3) is 0 Å². The summed E-state index contributed by atoms with van der Waals surface area (Å²) in [5.41, 5.74) is 0. The number of carbonyl (C=O) groups is 2. The summed E-state index contributed by atoms with van der Waals surface area (Å²) in [6.07, 6.45) is 0. The quantitative estimate of drug-likeness (QED) is 0.492. The van der Waals surface area contributed by atoms with Crippen LogP contribution in [0.4, 0.5) is 0 Å². The van der Waals surface area contributed by atoms with Gasteiger partial charge in [0.05, 0.1) is 0 Å². The number of ketones is 1. The fourth-order valence-electron chi connectivity index (χ4n) is 1.30. The van der Waals surface area contributed by atoms with Crippen molar-refractivity contribution >= 4 is 28.9 Å². The summed E-state index contributed by atoms with van der Waals surface area (Å²) in [5, 5.41) is 0. The molecule has 0 spiro atoms. The first-order valence-corrected chi connectivity index (χ1v) is 4.75. The summed E-state index contributed by atoms with van der Waals surface area (Å²) in [6.45, 7) is 6.14. The molecule has 0 saturated carbocycles. The molecule has 4 heteroatoms. The van der Waals surface area contributed by atoms with Crippen LogP contribution in [0.1, 0.15) is 20.8 Å². The Labute approximate surface area is 83.1 Å². The van der Waals surface area contributed by atoms with Gasteiger partial charge >= 0.3 is 0 Å². The number of hydrogen-bond donors (Lipinski definition) is 0. The maximum Gasteiger partial charge on any atom is 0.238 e. The smallest absolute Gasteiger partial charge is 0.238 e. The van der Waals surface area contributed by atoms with E-state index in [0.717, 1.165) is 0 Å². The highest BCUT2D eigenvalue weighted by atomic mass is 32.1. The minimum Gasteiger partial charge on any atom is -0.299 e. The molecule has 3 nitrogen and oxygen atoms in total. The zero-order chi connectivity index (χ0) is 10.2. The highest BCUT2D eigenvalue weighted by Gasteiger charge is 2.40. The number of carbonyl (C=O) groups excluding carboxylic acids is 2. The molecule has 0 aromatic rings. The number of nitrogens with zero attached hydrogens (tertiary/aromatic N) is 1. The fraction of sp³-hybridized carbons (Fsp3) is 0.667. The van der Waals surface area contributed by atoms with Gasteiger partial charge in [-0.25, -0.2) is 0 Å². The van der Waals surface area contributed by atoms with Crippen LogP contribution in [0.2, 0.25) is 0 Å². The largest absolute Gasteiger partial charge is 0.299 e. The Morgan fingerprint density at radius 3 is 2.31 bits per heavy atom. The molecule has 72 valence electrons. The highest BCUT2D eigenvalue weighted by Crippen LogP contribution is 2.18. The average molecular weight is 199 g/mol. The standard InChI is InChI=1S/C9H13NO2S/c1-5(2)4-10-8(12)6(3)7(11)9(10)13/h5-6H,4H2,1-3H3. The summed E-state index contributed by atoms with van der Waals surface area (Å²) in [5.74, 6) is -0.587. The van der Waals surface area contributed by atoms with E-state index in [4.69, 9.17) is 12.2 Å². The summed E-state index contributed by atoms with van der Waals surface area (Å²) in [4.78, 5) is 24.4. The maximum atomic E-state index is 11.5. The lowest BCUT2D eigenvalue weighted by atomic mass is 10.1. The molecule has 1 aliphatic heterocycles. The molecule has 1 heterocycles. The van der Waals surface area contributed by atoms with Crippen LogP contribution in [0.3, 0.4) is 0 Å². The third-order valence-electron chi connectivity index (χ3n) is 2.03. The number of likely N-dealkylation sites (tertiary alicyclic amines) is 1. The van der Waals surface area contributed by atoms with Gasteiger partial charge in [-0.05, 0) is 12.8 Å². The molecule has 1 rings (SSSR count). The molecule has 1 aliphatic rings. The Bertz CT molecular complexity index is 273. The van der Waals surface area contributed by atoms with Gasteiger partial charge < -0.3 is 0 Å². The first kappa shape index (κ1) is 10.3. The number of amides is 1. The van der Waals surface area contributed by atoms with Gasteiger partial charge in [0.1, 0.15) is 5.92 Å². The summed E-state index contributed by atoms with van der Waals surface area (Å²) < 4.78 is 0. The molecule has 0 N–H and O–H groups in total. The van der Waals surface area contributed by atoms with Gasteiger partial charge in [0, 0.05) is 6.54 Å². The van der Waals surface area contributed by atoms with Crippen LogP contribution in [-0.2, 0) is 9.59 Å². The number of rotatable bonds is 2. The summed E-state index contributed by atoms with van der Waals surface area (Å²) >= 11 is 4.89. The molecule has 0 aromatic heterocycles. The Kier molecular flexibility index (Phi) is 2.81. The van der Waals surface area contributed by atoms with Crippen LogP contribution < -0.4 is 0 Å². The van der Waals surface area contributed by atoms with E-state index in [1.807, 2.05) is 13.8 Å². The molecule has 13 heavy (non-hydrogen) atoms. The van der Waals surface area contributed by atoms with Crippen LogP contribution in [0.5, 0.6) is 0 Å². The Hall–Kier alpha value is -0.770. The van der Waals surface area contributed by atoms with Crippen molar-refractivity contribution in [1.82, 2.24) is 4.90 Å². The van der Waals surface area contributed by atoms with E-state index in [9.17, 15) is 9.59 Å². The molecule has 1 fully saturated rings. The molecule has 0 bridgehead atoms. The lowest BCUT2D eigenvalue weighted by Gasteiger charge is -2.17. The zero-order valence-electron chi connectivity index (χ0n) is 8.03. The number of hydrogen-bond acceptors (Lipinski definition) is 3. The van der Waals surface area contributed by atoms with E-state index in [0.29, 0.717) is 12.5 Å². The number of thiocarbonyl (C=S) groups is 1. The van der Waals surface area contributed by atoms with Gasteiger partial charge in [-0.3, -0.25) is 14.5 Å². The van der Waals surface area contributed by atoms with Crippen molar-refractivity contribution in [3.63, 3.8) is 0 Å². The summed E-state index contributed by atoms with van der Waals surface area (Å²) in [7, 11) is 0. The van der Waals surface area contributed by atoms with Gasteiger partial charge in [0.25, 0.3) is 0 Å². The molecular formula is C9H13NO2S. The van der Waals surface area contributed by atoms with Crippen molar-refractivity contribution in [2.24, 2.45) is 11.8 Å². The summed E-state index contributed by atoms with van der Waals surface area (Å²) in [6, 6.07) is 0. The Balaban J connectivity index is 2.82. The molecule has 0 radical (unpaired) electrons. The molecule has 1 unspecified atom stereocenters. The second-order valence-corrected chi connectivity index (χ2v) is 4.12. The van der Waals surface area contributed by atoms with Crippen molar-refractivity contribution in [2.45, 2.75) is 20.8 Å². The van der Waals surface area contributed by atoms with Gasteiger partial charge in [-0.15, -0.1) is 0 Å². The molecule has 0 aromatic carbocycles. The predicted octanol–water partition coefficient (Wildman–Crippen LogP) is 1.02. The molecule has 1 atom stereocenters. The molecular weight excluding hydrogens is 186 g/mol. The monoisotopic (exact) mass is 199 g/mol. The zero-order valence-corrected chi connectivity index (χ0v) is 8.85. The van der Waals surface area contributed by atoms with Crippen molar-refractivity contribution in [1.29, 1.82) is 0 Å². The highest BCUT2D eigenvalue weighted by molar-refractivity contribution is 7.82. The van der Waals surface area contributed by atoms with E-state index in [1.54, 1.807) is 6.92 Å². The third-order valence-corrected chi connectivity index (χ3v) is 2.45. The van der Waals surface area contributed by atoms with Crippen molar-refractivity contribution in [2.75, 3.05) is 6.54 Å². The average Bonchev–Trinajstić information content (AvgIpc) is 2.22. The second kappa shape index (κ2) is 3.54. The van der Waals surface area contributed by atoms with E-state index >= 15 is 0 Å². The van der Waals surface area contributed by atoms with Gasteiger partial charge in [0.2, 0.25) is 11.7 Å². The Morgan fingerprint density at radius 1 is 1.46 bits per heavy atom. The lowest BCUT2D eigenvalue weighted by Crippen LogP contribution is -2.33. The van der Waals surface area contributed by atoms with E-state index in [2.05, 4.69) is 0 Å². The topological polar surface area (TPSA) is 37.4 Å². The lowest BCUT2D eigenvalue weighted by molar-refractivity contribution is -0.131. The van der Waals surface area contributed by atoms with Crippen molar-refractivity contribution < 1.29 is 9.59 Å². The van der Waals surface area contributed by atoms with Gasteiger partial charge in [0.15, 0.2) is 4.99 Å².